The molecular weight excluding hydrogens is 340 g/mol. The van der Waals surface area contributed by atoms with E-state index in [-0.39, 0.29) is 5.60 Å². The SMILES string of the molecule is CC1CCN(C(=O)CC2CCOC3(CCN(S(C)(=O)=O)CC3)C2)CC1. The number of likely N-dealkylation sites (tertiary alicyclic amines) is 1. The van der Waals surface area contributed by atoms with E-state index in [0.717, 1.165) is 57.5 Å². The highest BCUT2D eigenvalue weighted by Crippen LogP contribution is 2.39. The lowest BCUT2D eigenvalue weighted by molar-refractivity contribution is -0.141. The lowest BCUT2D eigenvalue weighted by Gasteiger charge is -2.45. The van der Waals surface area contributed by atoms with Crippen LogP contribution in [0.4, 0.5) is 0 Å². The molecule has 1 unspecified atom stereocenters. The summed E-state index contributed by atoms with van der Waals surface area (Å²) in [6, 6.07) is 0. The summed E-state index contributed by atoms with van der Waals surface area (Å²) in [4.78, 5) is 14.7. The zero-order chi connectivity index (χ0) is 18.1. The van der Waals surface area contributed by atoms with Crippen LogP contribution < -0.4 is 0 Å². The minimum absolute atomic E-state index is 0.221. The maximum absolute atomic E-state index is 12.6. The van der Waals surface area contributed by atoms with Crippen LogP contribution in [-0.2, 0) is 19.6 Å². The normalized spacial score (nSPS) is 29.0. The Balaban J connectivity index is 1.52. The van der Waals surface area contributed by atoms with Gasteiger partial charge in [-0.2, -0.15) is 0 Å². The maximum Gasteiger partial charge on any atom is 0.222 e. The summed E-state index contributed by atoms with van der Waals surface area (Å²) in [7, 11) is -3.12. The fourth-order valence-corrected chi connectivity index (χ4v) is 5.36. The summed E-state index contributed by atoms with van der Waals surface area (Å²) in [6.07, 6.45) is 7.44. The predicted molar refractivity (Wildman–Crippen MR) is 96.7 cm³/mol. The third-order valence-electron chi connectivity index (χ3n) is 6.30. The van der Waals surface area contributed by atoms with Crippen LogP contribution in [0.2, 0.25) is 0 Å². The quantitative estimate of drug-likeness (QED) is 0.758. The van der Waals surface area contributed by atoms with Crippen LogP contribution in [0.5, 0.6) is 0 Å². The molecule has 3 rings (SSSR count). The Morgan fingerprint density at radius 3 is 2.36 bits per heavy atom. The molecule has 3 saturated heterocycles. The minimum atomic E-state index is -3.12. The second-order valence-electron chi connectivity index (χ2n) is 8.32. The van der Waals surface area contributed by atoms with Gasteiger partial charge in [-0.3, -0.25) is 4.79 Å². The van der Waals surface area contributed by atoms with Crippen LogP contribution >= 0.6 is 0 Å². The van der Waals surface area contributed by atoms with Gasteiger partial charge in [-0.1, -0.05) is 6.92 Å². The van der Waals surface area contributed by atoms with Crippen molar-refractivity contribution >= 4 is 15.9 Å². The third-order valence-corrected chi connectivity index (χ3v) is 7.60. The summed E-state index contributed by atoms with van der Waals surface area (Å²) in [5.41, 5.74) is -0.221. The van der Waals surface area contributed by atoms with Crippen molar-refractivity contribution in [2.24, 2.45) is 11.8 Å². The van der Waals surface area contributed by atoms with E-state index in [1.807, 2.05) is 4.90 Å². The van der Waals surface area contributed by atoms with E-state index < -0.39 is 10.0 Å². The van der Waals surface area contributed by atoms with E-state index in [1.165, 1.54) is 6.26 Å². The molecule has 1 amide bonds. The Bertz CT molecular complexity index is 576. The number of carbonyl (C=O) groups excluding carboxylic acids is 1. The fraction of sp³-hybridized carbons (Fsp3) is 0.944. The molecule has 3 heterocycles. The van der Waals surface area contributed by atoms with Crippen LogP contribution in [0.25, 0.3) is 0 Å². The van der Waals surface area contributed by atoms with Crippen molar-refractivity contribution in [1.82, 2.24) is 9.21 Å². The van der Waals surface area contributed by atoms with Gasteiger partial charge in [-0.25, -0.2) is 12.7 Å². The minimum Gasteiger partial charge on any atom is -0.375 e. The van der Waals surface area contributed by atoms with E-state index in [4.69, 9.17) is 4.74 Å². The van der Waals surface area contributed by atoms with Gasteiger partial charge >= 0.3 is 0 Å². The number of carbonyl (C=O) groups is 1. The van der Waals surface area contributed by atoms with Gasteiger partial charge < -0.3 is 9.64 Å². The predicted octanol–water partition coefficient (Wildman–Crippen LogP) is 1.86. The van der Waals surface area contributed by atoms with Crippen molar-refractivity contribution in [2.45, 2.75) is 57.5 Å². The average molecular weight is 373 g/mol. The van der Waals surface area contributed by atoms with Gasteiger partial charge in [0.15, 0.2) is 0 Å². The van der Waals surface area contributed by atoms with Crippen molar-refractivity contribution in [3.63, 3.8) is 0 Å². The Kier molecular flexibility index (Phi) is 5.75. The van der Waals surface area contributed by atoms with E-state index in [9.17, 15) is 13.2 Å². The second-order valence-corrected chi connectivity index (χ2v) is 10.3. The van der Waals surface area contributed by atoms with E-state index in [2.05, 4.69) is 6.92 Å². The smallest absolute Gasteiger partial charge is 0.222 e. The van der Waals surface area contributed by atoms with Crippen molar-refractivity contribution in [3.05, 3.63) is 0 Å². The number of piperidine rings is 2. The molecule has 3 aliphatic rings. The van der Waals surface area contributed by atoms with Crippen molar-refractivity contribution in [1.29, 1.82) is 0 Å². The first-order valence-corrected chi connectivity index (χ1v) is 11.5. The first-order valence-electron chi connectivity index (χ1n) is 9.64. The molecule has 0 bridgehead atoms. The van der Waals surface area contributed by atoms with Gasteiger partial charge in [0, 0.05) is 39.2 Å². The first-order chi connectivity index (χ1) is 11.8. The standard InChI is InChI=1S/C18H32N2O4S/c1-15-3-8-19(9-4-15)17(21)13-16-5-12-24-18(14-16)6-10-20(11-7-18)25(2,22)23/h15-16H,3-14H2,1-2H3. The summed E-state index contributed by atoms with van der Waals surface area (Å²) >= 11 is 0. The van der Waals surface area contributed by atoms with Crippen molar-refractivity contribution < 1.29 is 17.9 Å². The molecule has 0 radical (unpaired) electrons. The number of hydrogen-bond donors (Lipinski definition) is 0. The van der Waals surface area contributed by atoms with E-state index in [1.54, 1.807) is 4.31 Å². The molecule has 0 aromatic rings. The van der Waals surface area contributed by atoms with Gasteiger partial charge in [0.1, 0.15) is 0 Å². The molecule has 1 atom stereocenters. The fourth-order valence-electron chi connectivity index (χ4n) is 4.51. The molecule has 6 nitrogen and oxygen atoms in total. The maximum atomic E-state index is 12.6. The molecule has 3 fully saturated rings. The summed E-state index contributed by atoms with van der Waals surface area (Å²) in [6.45, 7) is 5.81. The molecule has 1 spiro atoms. The van der Waals surface area contributed by atoms with Crippen LogP contribution in [0.3, 0.4) is 0 Å². The Hall–Kier alpha value is -0.660. The van der Waals surface area contributed by atoms with E-state index >= 15 is 0 Å². The molecule has 25 heavy (non-hydrogen) atoms. The highest BCUT2D eigenvalue weighted by atomic mass is 32.2. The zero-order valence-corrected chi connectivity index (χ0v) is 16.4. The molecule has 3 aliphatic heterocycles. The largest absolute Gasteiger partial charge is 0.375 e. The second kappa shape index (κ2) is 7.53. The lowest BCUT2D eigenvalue weighted by atomic mass is 9.78. The summed E-state index contributed by atoms with van der Waals surface area (Å²) in [5.74, 6) is 1.39. The Labute approximate surface area is 151 Å². The highest BCUT2D eigenvalue weighted by Gasteiger charge is 2.42. The molecule has 144 valence electrons. The Morgan fingerprint density at radius 1 is 1.12 bits per heavy atom. The van der Waals surface area contributed by atoms with Crippen molar-refractivity contribution in [2.75, 3.05) is 39.0 Å². The van der Waals surface area contributed by atoms with Crippen LogP contribution in [-0.4, -0.2) is 68.2 Å². The first kappa shape index (κ1) is 19.1. The number of amides is 1. The van der Waals surface area contributed by atoms with Gasteiger partial charge in [-0.05, 0) is 50.4 Å². The lowest BCUT2D eigenvalue weighted by Crippen LogP contribution is -2.51. The molecule has 0 N–H and O–H groups in total. The summed E-state index contributed by atoms with van der Waals surface area (Å²) < 4.78 is 31.0. The summed E-state index contributed by atoms with van der Waals surface area (Å²) in [5, 5.41) is 0. The van der Waals surface area contributed by atoms with Crippen molar-refractivity contribution in [3.8, 4) is 0 Å². The molecule has 0 aromatic heterocycles. The molecule has 0 aromatic carbocycles. The van der Waals surface area contributed by atoms with Gasteiger partial charge in [-0.15, -0.1) is 0 Å². The number of nitrogens with zero attached hydrogens (tertiary/aromatic N) is 2. The molecular formula is C18H32N2O4S. The van der Waals surface area contributed by atoms with Crippen LogP contribution in [0.1, 0.15) is 51.9 Å². The monoisotopic (exact) mass is 372 g/mol. The van der Waals surface area contributed by atoms with Gasteiger partial charge in [0.25, 0.3) is 0 Å². The van der Waals surface area contributed by atoms with Crippen LogP contribution in [0, 0.1) is 11.8 Å². The number of ether oxygens (including phenoxy) is 1. The molecule has 7 heteroatoms. The number of sulfonamides is 1. The number of hydrogen-bond acceptors (Lipinski definition) is 4. The highest BCUT2D eigenvalue weighted by molar-refractivity contribution is 7.88. The topological polar surface area (TPSA) is 66.9 Å². The van der Waals surface area contributed by atoms with Gasteiger partial charge in [0.2, 0.25) is 15.9 Å². The van der Waals surface area contributed by atoms with Crippen LogP contribution in [0.15, 0.2) is 0 Å². The molecule has 0 aliphatic carbocycles. The van der Waals surface area contributed by atoms with Gasteiger partial charge in [0.05, 0.1) is 11.9 Å². The zero-order valence-electron chi connectivity index (χ0n) is 15.6. The average Bonchev–Trinajstić information content (AvgIpc) is 2.55. The third kappa shape index (κ3) is 4.74. The number of rotatable bonds is 3. The van der Waals surface area contributed by atoms with E-state index in [0.29, 0.717) is 37.9 Å². The molecule has 0 saturated carbocycles. The Morgan fingerprint density at radius 2 is 1.76 bits per heavy atom.